The summed E-state index contributed by atoms with van der Waals surface area (Å²) in [6.07, 6.45) is 7.09. The van der Waals surface area contributed by atoms with Gasteiger partial charge in [0.15, 0.2) is 0 Å². The fraction of sp³-hybridized carbons (Fsp3) is 0.111. The molecule has 4 nitrogen and oxygen atoms in total. The van der Waals surface area contributed by atoms with Crippen LogP contribution in [-0.4, -0.2) is 14.5 Å². The summed E-state index contributed by atoms with van der Waals surface area (Å²) in [5.41, 5.74) is 6.57. The second-order valence-electron chi connectivity index (χ2n) is 2.74. The zero-order valence-corrected chi connectivity index (χ0v) is 8.98. The highest BCUT2D eigenvalue weighted by molar-refractivity contribution is 9.10. The second-order valence-corrected chi connectivity index (χ2v) is 3.60. The smallest absolute Gasteiger partial charge is 0.127 e. The average Bonchev–Trinajstić information content (AvgIpc) is 2.66. The maximum Gasteiger partial charge on any atom is 0.127 e. The molecule has 0 saturated carbocycles. The molecule has 0 unspecified atom stereocenters. The summed E-state index contributed by atoms with van der Waals surface area (Å²) in [6, 6.07) is 1.91. The first-order chi connectivity index (χ1) is 6.83. The van der Waals surface area contributed by atoms with Crippen molar-refractivity contribution in [2.24, 2.45) is 5.73 Å². The fourth-order valence-electron chi connectivity index (χ4n) is 1.27. The molecule has 14 heavy (non-hydrogen) atoms. The van der Waals surface area contributed by atoms with Gasteiger partial charge in [0.05, 0.1) is 16.7 Å². The van der Waals surface area contributed by atoms with E-state index >= 15 is 0 Å². The Morgan fingerprint density at radius 2 is 2.29 bits per heavy atom. The molecule has 0 aliphatic rings. The third kappa shape index (κ3) is 1.56. The molecule has 0 spiro atoms. The Hall–Kier alpha value is -1.20. The van der Waals surface area contributed by atoms with Crippen LogP contribution < -0.4 is 5.73 Å². The van der Waals surface area contributed by atoms with Crippen LogP contribution in [0.25, 0.3) is 5.69 Å². The van der Waals surface area contributed by atoms with Crippen LogP contribution >= 0.6 is 15.9 Å². The van der Waals surface area contributed by atoms with Crippen LogP contribution in [-0.2, 0) is 6.54 Å². The van der Waals surface area contributed by atoms with Gasteiger partial charge in [0.1, 0.15) is 5.82 Å². The molecular weight excluding hydrogens is 244 g/mol. The van der Waals surface area contributed by atoms with E-state index in [1.807, 2.05) is 16.8 Å². The van der Waals surface area contributed by atoms with Gasteiger partial charge in [-0.05, 0) is 22.0 Å². The topological polar surface area (TPSA) is 56.7 Å². The molecule has 2 aromatic heterocycles. The van der Waals surface area contributed by atoms with E-state index < -0.39 is 0 Å². The van der Waals surface area contributed by atoms with Crippen molar-refractivity contribution in [2.75, 3.05) is 0 Å². The van der Waals surface area contributed by atoms with E-state index in [0.29, 0.717) is 6.54 Å². The standard InChI is InChI=1S/C9H9BrN4/c10-7-6-12-2-1-8(7)14-4-3-13-9(14)5-11/h1-4,6H,5,11H2. The van der Waals surface area contributed by atoms with Crippen LogP contribution in [0.15, 0.2) is 35.3 Å². The minimum absolute atomic E-state index is 0.418. The molecule has 0 amide bonds. The number of hydrogen-bond acceptors (Lipinski definition) is 3. The summed E-state index contributed by atoms with van der Waals surface area (Å²) >= 11 is 3.43. The molecule has 2 N–H and O–H groups in total. The first-order valence-electron chi connectivity index (χ1n) is 4.15. The summed E-state index contributed by atoms with van der Waals surface area (Å²) in [7, 11) is 0. The zero-order valence-electron chi connectivity index (χ0n) is 7.39. The van der Waals surface area contributed by atoms with Crippen LogP contribution in [0.1, 0.15) is 5.82 Å². The van der Waals surface area contributed by atoms with Crippen LogP contribution in [0.5, 0.6) is 0 Å². The maximum absolute atomic E-state index is 5.57. The van der Waals surface area contributed by atoms with E-state index in [0.717, 1.165) is 16.0 Å². The maximum atomic E-state index is 5.57. The van der Waals surface area contributed by atoms with Gasteiger partial charge in [0.25, 0.3) is 0 Å². The Morgan fingerprint density at radius 3 is 3.00 bits per heavy atom. The van der Waals surface area contributed by atoms with E-state index in [4.69, 9.17) is 5.73 Å². The molecule has 2 rings (SSSR count). The molecule has 72 valence electrons. The molecule has 0 fully saturated rings. The number of imidazole rings is 1. The van der Waals surface area contributed by atoms with Crippen molar-refractivity contribution in [1.29, 1.82) is 0 Å². The van der Waals surface area contributed by atoms with E-state index in [1.54, 1.807) is 18.6 Å². The molecule has 0 aromatic carbocycles. The van der Waals surface area contributed by atoms with Gasteiger partial charge in [-0.3, -0.25) is 4.98 Å². The summed E-state index contributed by atoms with van der Waals surface area (Å²) in [5, 5.41) is 0. The number of halogens is 1. The lowest BCUT2D eigenvalue weighted by Gasteiger charge is -2.07. The zero-order chi connectivity index (χ0) is 9.97. The minimum atomic E-state index is 0.418. The number of nitrogens with zero attached hydrogens (tertiary/aromatic N) is 3. The van der Waals surface area contributed by atoms with Crippen LogP contribution in [0.3, 0.4) is 0 Å². The van der Waals surface area contributed by atoms with E-state index in [-0.39, 0.29) is 0 Å². The second kappa shape index (κ2) is 3.89. The molecule has 0 aliphatic carbocycles. The third-order valence-electron chi connectivity index (χ3n) is 1.91. The SMILES string of the molecule is NCc1nccn1-c1ccncc1Br. The number of rotatable bonds is 2. The monoisotopic (exact) mass is 252 g/mol. The minimum Gasteiger partial charge on any atom is -0.324 e. The van der Waals surface area contributed by atoms with Crippen molar-refractivity contribution in [3.05, 3.63) is 41.2 Å². The van der Waals surface area contributed by atoms with Crippen LogP contribution in [0, 0.1) is 0 Å². The Morgan fingerprint density at radius 1 is 1.43 bits per heavy atom. The Labute approximate surface area is 89.9 Å². The molecule has 0 bridgehead atoms. The number of hydrogen-bond donors (Lipinski definition) is 1. The highest BCUT2D eigenvalue weighted by Gasteiger charge is 2.05. The van der Waals surface area contributed by atoms with E-state index in [1.165, 1.54) is 0 Å². The molecule has 0 atom stereocenters. The lowest BCUT2D eigenvalue weighted by Crippen LogP contribution is -2.06. The van der Waals surface area contributed by atoms with Crippen molar-refractivity contribution >= 4 is 15.9 Å². The van der Waals surface area contributed by atoms with Gasteiger partial charge in [0.2, 0.25) is 0 Å². The average molecular weight is 253 g/mol. The number of aromatic nitrogens is 3. The lowest BCUT2D eigenvalue weighted by atomic mass is 10.4. The number of pyridine rings is 1. The molecule has 2 aromatic rings. The normalized spacial score (nSPS) is 10.4. The van der Waals surface area contributed by atoms with Gasteiger partial charge in [-0.1, -0.05) is 0 Å². The first kappa shape index (κ1) is 9.36. The van der Waals surface area contributed by atoms with Crippen molar-refractivity contribution in [2.45, 2.75) is 6.54 Å². The largest absolute Gasteiger partial charge is 0.324 e. The van der Waals surface area contributed by atoms with Crippen molar-refractivity contribution in [3.8, 4) is 5.69 Å². The van der Waals surface area contributed by atoms with Crippen LogP contribution in [0.2, 0.25) is 0 Å². The Balaban J connectivity index is 2.54. The molecule has 2 heterocycles. The fourth-order valence-corrected chi connectivity index (χ4v) is 1.71. The molecular formula is C9H9BrN4. The van der Waals surface area contributed by atoms with Gasteiger partial charge < -0.3 is 10.3 Å². The van der Waals surface area contributed by atoms with Crippen molar-refractivity contribution in [3.63, 3.8) is 0 Å². The molecule has 0 saturated heterocycles. The molecule has 0 radical (unpaired) electrons. The van der Waals surface area contributed by atoms with Crippen molar-refractivity contribution in [1.82, 2.24) is 14.5 Å². The van der Waals surface area contributed by atoms with Gasteiger partial charge in [-0.15, -0.1) is 0 Å². The third-order valence-corrected chi connectivity index (χ3v) is 2.52. The predicted molar refractivity (Wildman–Crippen MR) is 57.0 cm³/mol. The van der Waals surface area contributed by atoms with Gasteiger partial charge >= 0.3 is 0 Å². The van der Waals surface area contributed by atoms with E-state index in [2.05, 4.69) is 25.9 Å². The molecule has 5 heteroatoms. The van der Waals surface area contributed by atoms with Gasteiger partial charge in [-0.2, -0.15) is 0 Å². The van der Waals surface area contributed by atoms with Crippen LogP contribution in [0.4, 0.5) is 0 Å². The summed E-state index contributed by atoms with van der Waals surface area (Å²) in [6.45, 7) is 0.418. The highest BCUT2D eigenvalue weighted by Crippen LogP contribution is 2.20. The van der Waals surface area contributed by atoms with Gasteiger partial charge in [0, 0.05) is 24.8 Å². The number of nitrogens with two attached hydrogens (primary N) is 1. The van der Waals surface area contributed by atoms with Crippen molar-refractivity contribution < 1.29 is 0 Å². The van der Waals surface area contributed by atoms with E-state index in [9.17, 15) is 0 Å². The summed E-state index contributed by atoms with van der Waals surface area (Å²) in [5.74, 6) is 0.830. The first-order valence-corrected chi connectivity index (χ1v) is 4.94. The molecule has 0 aliphatic heterocycles. The highest BCUT2D eigenvalue weighted by atomic mass is 79.9. The quantitative estimate of drug-likeness (QED) is 0.882. The summed E-state index contributed by atoms with van der Waals surface area (Å²) in [4.78, 5) is 8.15. The lowest BCUT2D eigenvalue weighted by molar-refractivity contribution is 0.863. The summed E-state index contributed by atoms with van der Waals surface area (Å²) < 4.78 is 2.86. The Kier molecular flexibility index (Phi) is 2.60. The Bertz CT molecular complexity index is 438. The van der Waals surface area contributed by atoms with Gasteiger partial charge in [-0.25, -0.2) is 4.98 Å². The predicted octanol–water partition coefficient (Wildman–Crippen LogP) is 1.49.